The second kappa shape index (κ2) is 11.6. The number of hydrogen-bond acceptors (Lipinski definition) is 11. The van der Waals surface area contributed by atoms with Gasteiger partial charge in [0, 0.05) is 56.7 Å². The number of nitrogens with one attached hydrogen (secondary N) is 1. The molecule has 0 bridgehead atoms. The summed E-state index contributed by atoms with van der Waals surface area (Å²) in [4.78, 5) is 39.0. The predicted octanol–water partition coefficient (Wildman–Crippen LogP) is 4.04. The zero-order valence-electron chi connectivity index (χ0n) is 22.6. The molecule has 38 heavy (non-hydrogen) atoms. The topological polar surface area (TPSA) is 99.6 Å². The molecule has 11 heteroatoms. The maximum atomic E-state index is 12.3. The van der Waals surface area contributed by atoms with Crippen LogP contribution in [0.4, 0.5) is 22.7 Å². The summed E-state index contributed by atoms with van der Waals surface area (Å²) in [6.07, 6.45) is 5.72. The highest BCUT2D eigenvalue weighted by atomic mass is 32.1. The lowest BCUT2D eigenvalue weighted by Crippen LogP contribution is -2.38. The highest BCUT2D eigenvalue weighted by molar-refractivity contribution is 7.17. The van der Waals surface area contributed by atoms with Crippen molar-refractivity contribution >= 4 is 40.0 Å². The van der Waals surface area contributed by atoms with Crippen molar-refractivity contribution in [1.82, 2.24) is 24.8 Å². The molecule has 5 heterocycles. The number of thiazole rings is 1. The van der Waals surface area contributed by atoms with Gasteiger partial charge in [0.15, 0.2) is 5.13 Å². The minimum Gasteiger partial charge on any atom is -0.462 e. The summed E-state index contributed by atoms with van der Waals surface area (Å²) < 4.78 is 5.19. The number of hydrogen-bond donors (Lipinski definition) is 1. The van der Waals surface area contributed by atoms with Crippen LogP contribution in [0.1, 0.15) is 53.7 Å². The fraction of sp³-hybridized carbons (Fsp3) is 0.519. The molecular formula is C27H36N8O2S. The predicted molar refractivity (Wildman–Crippen MR) is 151 cm³/mol. The molecule has 0 amide bonds. The summed E-state index contributed by atoms with van der Waals surface area (Å²) in [6, 6.07) is 4.48. The number of aromatic nitrogens is 4. The van der Waals surface area contributed by atoms with E-state index in [1.807, 2.05) is 19.2 Å². The van der Waals surface area contributed by atoms with E-state index in [4.69, 9.17) is 14.7 Å². The molecule has 1 saturated heterocycles. The lowest BCUT2D eigenvalue weighted by Gasteiger charge is -2.31. The fourth-order valence-corrected chi connectivity index (χ4v) is 6.18. The summed E-state index contributed by atoms with van der Waals surface area (Å²) in [5.41, 5.74) is 2.97. The average molecular weight is 537 g/mol. The number of carbonyl (C=O) groups is 1. The Hall–Kier alpha value is -3.31. The summed E-state index contributed by atoms with van der Waals surface area (Å²) >= 11 is 1.27. The molecule has 1 atom stereocenters. The van der Waals surface area contributed by atoms with Crippen molar-refractivity contribution in [2.45, 2.75) is 53.1 Å². The molecule has 202 valence electrons. The van der Waals surface area contributed by atoms with Gasteiger partial charge in [0.05, 0.1) is 12.3 Å². The fourth-order valence-electron chi connectivity index (χ4n) is 5.32. The number of ether oxygens (including phenoxy) is 1. The van der Waals surface area contributed by atoms with Crippen LogP contribution in [0.5, 0.6) is 0 Å². The van der Waals surface area contributed by atoms with Gasteiger partial charge in [-0.25, -0.2) is 9.78 Å². The number of nitrogens with zero attached hydrogens (tertiary/aromatic N) is 7. The molecule has 3 aromatic heterocycles. The van der Waals surface area contributed by atoms with E-state index >= 15 is 0 Å². The molecule has 0 saturated carbocycles. The normalized spacial score (nSPS) is 17.1. The van der Waals surface area contributed by atoms with E-state index in [-0.39, 0.29) is 5.97 Å². The molecule has 2 aliphatic heterocycles. The van der Waals surface area contributed by atoms with Crippen LogP contribution in [-0.2, 0) is 17.7 Å². The highest BCUT2D eigenvalue weighted by Crippen LogP contribution is 2.37. The number of rotatable bonds is 10. The van der Waals surface area contributed by atoms with E-state index in [0.29, 0.717) is 34.3 Å². The Morgan fingerprint density at radius 3 is 2.82 bits per heavy atom. The maximum absolute atomic E-state index is 12.3. The monoisotopic (exact) mass is 536 g/mol. The number of fused-ring (bicyclic) bond motifs is 1. The molecule has 2 aliphatic rings. The van der Waals surface area contributed by atoms with Crippen LogP contribution in [0, 0.1) is 6.92 Å². The molecule has 0 radical (unpaired) electrons. The molecule has 1 N–H and O–H groups in total. The summed E-state index contributed by atoms with van der Waals surface area (Å²) in [5.74, 6) is 2.08. The number of esters is 1. The van der Waals surface area contributed by atoms with Gasteiger partial charge in [0.2, 0.25) is 5.95 Å². The van der Waals surface area contributed by atoms with Gasteiger partial charge < -0.3 is 19.4 Å². The summed E-state index contributed by atoms with van der Waals surface area (Å²) in [5, 5.41) is 3.89. The van der Waals surface area contributed by atoms with Crippen LogP contribution < -0.4 is 15.1 Å². The van der Waals surface area contributed by atoms with Gasteiger partial charge >= 0.3 is 5.97 Å². The minimum atomic E-state index is -0.354. The third kappa shape index (κ3) is 5.44. The zero-order chi connectivity index (χ0) is 26.6. The van der Waals surface area contributed by atoms with E-state index in [1.165, 1.54) is 16.9 Å². The van der Waals surface area contributed by atoms with Crippen LogP contribution in [0.3, 0.4) is 0 Å². The van der Waals surface area contributed by atoms with Crippen molar-refractivity contribution in [2.75, 3.05) is 54.4 Å². The Morgan fingerprint density at radius 1 is 1.24 bits per heavy atom. The molecular weight excluding hydrogens is 500 g/mol. The van der Waals surface area contributed by atoms with Crippen molar-refractivity contribution < 1.29 is 9.53 Å². The van der Waals surface area contributed by atoms with Crippen molar-refractivity contribution in [1.29, 1.82) is 0 Å². The molecule has 5 rings (SSSR count). The second-order valence-electron chi connectivity index (χ2n) is 9.61. The van der Waals surface area contributed by atoms with Gasteiger partial charge in [-0.3, -0.25) is 10.3 Å². The van der Waals surface area contributed by atoms with Crippen molar-refractivity contribution in [3.8, 4) is 0 Å². The van der Waals surface area contributed by atoms with E-state index < -0.39 is 0 Å². The Balaban J connectivity index is 1.50. The molecule has 1 fully saturated rings. The van der Waals surface area contributed by atoms with Crippen LogP contribution >= 0.6 is 11.3 Å². The number of carbonyl (C=O) groups excluding carboxylic acids is 1. The first-order chi connectivity index (χ1) is 18.5. The maximum Gasteiger partial charge on any atom is 0.350 e. The molecule has 1 unspecified atom stereocenters. The number of anilines is 4. The van der Waals surface area contributed by atoms with Crippen molar-refractivity contribution in [2.24, 2.45) is 0 Å². The molecule has 0 aromatic carbocycles. The smallest absolute Gasteiger partial charge is 0.350 e. The van der Waals surface area contributed by atoms with Gasteiger partial charge in [-0.05, 0) is 51.8 Å². The third-order valence-corrected chi connectivity index (χ3v) is 8.27. The van der Waals surface area contributed by atoms with Gasteiger partial charge in [0.25, 0.3) is 0 Å². The second-order valence-corrected chi connectivity index (χ2v) is 10.6. The van der Waals surface area contributed by atoms with Crippen LogP contribution in [0.2, 0.25) is 0 Å². The Morgan fingerprint density at radius 2 is 2.11 bits per heavy atom. The average Bonchev–Trinajstić information content (AvgIpc) is 3.64. The Kier molecular flexibility index (Phi) is 8.04. The van der Waals surface area contributed by atoms with Gasteiger partial charge in [0.1, 0.15) is 16.5 Å². The minimum absolute atomic E-state index is 0.326. The van der Waals surface area contributed by atoms with Crippen molar-refractivity contribution in [3.63, 3.8) is 0 Å². The Labute approximate surface area is 228 Å². The molecule has 3 aromatic rings. The standard InChI is InChI=1S/C27H36N8O2S/c1-5-33-13-10-20(17-33)35(6-2)24-21-11-14-34(16-19-9-8-12-28-15-19)23(21)30-26(31-24)32-27-29-18(4)22(38-27)25(36)37-7-3/h8-9,12,15,20H,5-7,10-11,13-14,16-17H2,1-4H3,(H,29,30,31,32). The van der Waals surface area contributed by atoms with E-state index in [0.717, 1.165) is 69.3 Å². The highest BCUT2D eigenvalue weighted by Gasteiger charge is 2.33. The zero-order valence-corrected chi connectivity index (χ0v) is 23.4. The molecule has 10 nitrogen and oxygen atoms in total. The largest absolute Gasteiger partial charge is 0.462 e. The first-order valence-electron chi connectivity index (χ1n) is 13.5. The van der Waals surface area contributed by atoms with Crippen molar-refractivity contribution in [3.05, 3.63) is 46.2 Å². The molecule has 0 aliphatic carbocycles. The lowest BCUT2D eigenvalue weighted by atomic mass is 10.1. The number of likely N-dealkylation sites (N-methyl/N-ethyl adjacent to an activating group) is 2. The Bertz CT molecular complexity index is 1270. The van der Waals surface area contributed by atoms with E-state index in [9.17, 15) is 4.79 Å². The van der Waals surface area contributed by atoms with E-state index in [2.05, 4.69) is 49.9 Å². The number of likely N-dealkylation sites (tertiary alicyclic amines) is 1. The van der Waals surface area contributed by atoms with E-state index in [1.54, 1.807) is 13.1 Å². The first kappa shape index (κ1) is 26.3. The van der Waals surface area contributed by atoms with Gasteiger partial charge in [-0.15, -0.1) is 0 Å². The van der Waals surface area contributed by atoms with Gasteiger partial charge in [-0.2, -0.15) is 9.97 Å². The van der Waals surface area contributed by atoms with Crippen LogP contribution in [0.15, 0.2) is 24.5 Å². The first-order valence-corrected chi connectivity index (χ1v) is 14.3. The van der Waals surface area contributed by atoms with Crippen LogP contribution in [-0.4, -0.2) is 76.2 Å². The number of aryl methyl sites for hydroxylation is 1. The summed E-state index contributed by atoms with van der Waals surface area (Å²) in [7, 11) is 0. The third-order valence-electron chi connectivity index (χ3n) is 7.22. The number of pyridine rings is 1. The lowest BCUT2D eigenvalue weighted by molar-refractivity contribution is 0.0531. The SMILES string of the molecule is CCOC(=O)c1sc(Nc2nc3c(c(N(CC)C4CCN(CC)C4)n2)CCN3Cc2cccnc2)nc1C. The molecule has 0 spiro atoms. The van der Waals surface area contributed by atoms with Crippen LogP contribution in [0.25, 0.3) is 0 Å². The summed E-state index contributed by atoms with van der Waals surface area (Å²) in [6.45, 7) is 14.1. The van der Waals surface area contributed by atoms with Gasteiger partial charge in [-0.1, -0.05) is 24.3 Å². The quantitative estimate of drug-likeness (QED) is 0.382.